The first-order valence-electron chi connectivity index (χ1n) is 14.6. The van der Waals surface area contributed by atoms with E-state index < -0.39 is 18.0 Å². The van der Waals surface area contributed by atoms with E-state index in [1.165, 1.54) is 0 Å². The molecule has 1 aromatic carbocycles. The number of hydrogen-bond acceptors (Lipinski definition) is 6. The first-order chi connectivity index (χ1) is 19.9. The number of H-pyrrole nitrogens is 1. The molecule has 1 amide bonds. The number of carbonyl (C=O) groups excluding carboxylic acids is 1. The van der Waals surface area contributed by atoms with Gasteiger partial charge >= 0.3 is 0 Å². The highest BCUT2D eigenvalue weighted by molar-refractivity contribution is 6.32. The highest BCUT2D eigenvalue weighted by atomic mass is 35.5. The smallest absolute Gasteiger partial charge is 0.282 e. The second-order valence-electron chi connectivity index (χ2n) is 12.6. The van der Waals surface area contributed by atoms with Gasteiger partial charge < -0.3 is 20.1 Å². The second kappa shape index (κ2) is 11.8. The lowest BCUT2D eigenvalue weighted by Crippen LogP contribution is -2.57. The van der Waals surface area contributed by atoms with Gasteiger partial charge in [0.25, 0.3) is 12.3 Å². The molecule has 9 nitrogen and oxygen atoms in total. The number of nitrogens with one attached hydrogen (secondary N) is 3. The van der Waals surface area contributed by atoms with Crippen LogP contribution in [0.1, 0.15) is 88.0 Å². The van der Waals surface area contributed by atoms with Gasteiger partial charge in [0.1, 0.15) is 17.2 Å². The molecular weight excluding hydrogens is 562 g/mol. The molecule has 228 valence electrons. The Balaban J connectivity index is 1.48. The van der Waals surface area contributed by atoms with E-state index in [0.717, 1.165) is 29.4 Å². The van der Waals surface area contributed by atoms with Crippen LogP contribution in [0, 0.1) is 0 Å². The molecule has 0 radical (unpaired) electrons. The van der Waals surface area contributed by atoms with Crippen molar-refractivity contribution in [3.8, 4) is 0 Å². The van der Waals surface area contributed by atoms with Gasteiger partial charge in [-0.2, -0.15) is 5.10 Å². The number of carbonyl (C=O) groups is 1. The van der Waals surface area contributed by atoms with Gasteiger partial charge in [-0.1, -0.05) is 38.4 Å². The van der Waals surface area contributed by atoms with Gasteiger partial charge in [-0.3, -0.25) is 14.8 Å². The Morgan fingerprint density at radius 1 is 1.24 bits per heavy atom. The van der Waals surface area contributed by atoms with Crippen LogP contribution in [0.2, 0.25) is 5.02 Å². The molecule has 0 spiro atoms. The van der Waals surface area contributed by atoms with Gasteiger partial charge in [0.05, 0.1) is 18.1 Å². The summed E-state index contributed by atoms with van der Waals surface area (Å²) in [5.74, 6) is 0.448. The largest absolute Gasteiger partial charge is 0.373 e. The van der Waals surface area contributed by atoms with E-state index in [4.69, 9.17) is 11.6 Å². The minimum absolute atomic E-state index is 0.0458. The number of nitrogens with zero attached hydrogens (tertiary/aromatic N) is 5. The van der Waals surface area contributed by atoms with Gasteiger partial charge in [-0.05, 0) is 56.5 Å². The van der Waals surface area contributed by atoms with Crippen LogP contribution >= 0.6 is 11.6 Å². The number of anilines is 1. The molecule has 2 aliphatic heterocycles. The van der Waals surface area contributed by atoms with Crippen molar-refractivity contribution < 1.29 is 13.6 Å². The molecule has 42 heavy (non-hydrogen) atoms. The first-order valence-corrected chi connectivity index (χ1v) is 15.0. The third kappa shape index (κ3) is 5.99. The number of likely N-dealkylation sites (tertiary alicyclic amines) is 2. The summed E-state index contributed by atoms with van der Waals surface area (Å²) in [7, 11) is 0. The summed E-state index contributed by atoms with van der Waals surface area (Å²) >= 11 is 6.55. The van der Waals surface area contributed by atoms with Crippen LogP contribution in [0.3, 0.4) is 0 Å². The number of benzene rings is 1. The van der Waals surface area contributed by atoms with Crippen molar-refractivity contribution in [1.29, 1.82) is 0 Å². The second-order valence-corrected chi connectivity index (χ2v) is 13.0. The van der Waals surface area contributed by atoms with Gasteiger partial charge in [-0.15, -0.1) is 0 Å². The van der Waals surface area contributed by atoms with Crippen LogP contribution in [-0.2, 0) is 12.0 Å². The molecule has 2 aromatic heterocycles. The van der Waals surface area contributed by atoms with Crippen LogP contribution < -0.4 is 10.6 Å². The maximum absolute atomic E-state index is 14.5. The number of fused-ring (bicyclic) bond motifs is 1. The average Bonchev–Trinajstić information content (AvgIpc) is 3.61. The number of amides is 1. The van der Waals surface area contributed by atoms with Crippen molar-refractivity contribution in [3.05, 3.63) is 52.2 Å². The number of aromatic nitrogens is 4. The summed E-state index contributed by atoms with van der Waals surface area (Å²) in [4.78, 5) is 22.4. The Morgan fingerprint density at radius 2 is 1.98 bits per heavy atom. The lowest BCUT2D eigenvalue weighted by Gasteiger charge is -2.39. The summed E-state index contributed by atoms with van der Waals surface area (Å²) < 4.78 is 30.7. The number of allylic oxidation sites excluding steroid dienone is 1. The van der Waals surface area contributed by atoms with Crippen molar-refractivity contribution in [2.45, 2.75) is 84.5 Å². The molecule has 0 bridgehead atoms. The lowest BCUT2D eigenvalue weighted by atomic mass is 9.86. The average molecular weight is 603 g/mol. The van der Waals surface area contributed by atoms with Crippen molar-refractivity contribution in [3.63, 3.8) is 0 Å². The van der Waals surface area contributed by atoms with E-state index in [0.29, 0.717) is 42.3 Å². The highest BCUT2D eigenvalue weighted by Crippen LogP contribution is 2.36. The first kappa shape index (κ1) is 30.3. The van der Waals surface area contributed by atoms with Gasteiger partial charge in [-0.25, -0.2) is 13.8 Å². The zero-order chi connectivity index (χ0) is 30.3. The molecule has 0 saturated carbocycles. The van der Waals surface area contributed by atoms with E-state index in [2.05, 4.69) is 70.2 Å². The van der Waals surface area contributed by atoms with Crippen LogP contribution in [0.15, 0.2) is 24.4 Å². The van der Waals surface area contributed by atoms with Crippen molar-refractivity contribution in [1.82, 2.24) is 34.9 Å². The summed E-state index contributed by atoms with van der Waals surface area (Å²) in [6, 6.07) is 3.89. The molecular formula is C30H41ClF2N8O. The highest BCUT2D eigenvalue weighted by Gasteiger charge is 2.36. The topological polar surface area (TPSA) is 94.1 Å². The summed E-state index contributed by atoms with van der Waals surface area (Å²) in [5, 5.41) is 15.2. The molecule has 2 aliphatic rings. The van der Waals surface area contributed by atoms with Crippen LogP contribution in [0.25, 0.3) is 10.9 Å². The van der Waals surface area contributed by atoms with Crippen molar-refractivity contribution >= 4 is 34.2 Å². The SMILES string of the molecule is CC=CN1CC(NC(=O)c2c(C(F)F)nc(CNc3n[nH]c4cc(Cl)c(C(C)(C)C)cc34)n2C2CCN(C(C)C)C2)C1. The number of aromatic amines is 1. The fourth-order valence-electron chi connectivity index (χ4n) is 5.94. The molecule has 12 heteroatoms. The van der Waals surface area contributed by atoms with Crippen LogP contribution in [-0.4, -0.2) is 73.7 Å². The fraction of sp³-hybridized carbons (Fsp3) is 0.567. The summed E-state index contributed by atoms with van der Waals surface area (Å²) in [6.07, 6.45) is 1.74. The maximum atomic E-state index is 14.5. The maximum Gasteiger partial charge on any atom is 0.282 e. The third-order valence-electron chi connectivity index (χ3n) is 8.20. The fourth-order valence-corrected chi connectivity index (χ4v) is 6.39. The van der Waals surface area contributed by atoms with Gasteiger partial charge in [0.15, 0.2) is 5.82 Å². The minimum atomic E-state index is -2.89. The molecule has 1 unspecified atom stereocenters. The standard InChI is InChI=1S/C30H41ClF2N8O/c1-7-9-39-14-18(15-39)35-29(42)26-25(27(32)33)36-24(41(26)19-8-10-40(16-19)17(2)3)13-34-28-20-11-21(30(4,5)6)22(31)12-23(20)37-38-28/h7,9,11-12,17-19,27H,8,10,13-16H2,1-6H3,(H,35,42)(H2,34,37,38). The van der Waals surface area contributed by atoms with E-state index in [1.807, 2.05) is 31.3 Å². The van der Waals surface area contributed by atoms with Gasteiger partial charge in [0.2, 0.25) is 0 Å². The van der Waals surface area contributed by atoms with Gasteiger partial charge in [0, 0.05) is 48.7 Å². The zero-order valence-electron chi connectivity index (χ0n) is 25.1. The number of alkyl halides is 2. The number of imidazole rings is 1. The van der Waals surface area contributed by atoms with E-state index in [9.17, 15) is 13.6 Å². The Morgan fingerprint density at radius 3 is 2.60 bits per heavy atom. The van der Waals surface area contributed by atoms with Crippen LogP contribution in [0.4, 0.5) is 14.6 Å². The Labute approximate surface area is 250 Å². The molecule has 3 aromatic rings. The molecule has 5 rings (SSSR count). The third-order valence-corrected chi connectivity index (χ3v) is 8.51. The predicted molar refractivity (Wildman–Crippen MR) is 162 cm³/mol. The monoisotopic (exact) mass is 602 g/mol. The quantitative estimate of drug-likeness (QED) is 0.284. The Bertz CT molecular complexity index is 1470. The normalized spacial score (nSPS) is 18.6. The van der Waals surface area contributed by atoms with E-state index >= 15 is 0 Å². The van der Waals surface area contributed by atoms with E-state index in [-0.39, 0.29) is 29.7 Å². The van der Waals surface area contributed by atoms with Crippen molar-refractivity contribution in [2.75, 3.05) is 31.5 Å². The van der Waals surface area contributed by atoms with Crippen molar-refractivity contribution in [2.24, 2.45) is 0 Å². The lowest BCUT2D eigenvalue weighted by molar-refractivity contribution is 0.0850. The predicted octanol–water partition coefficient (Wildman–Crippen LogP) is 5.86. The number of hydrogen-bond donors (Lipinski definition) is 3. The zero-order valence-corrected chi connectivity index (χ0v) is 25.9. The molecule has 1 atom stereocenters. The molecule has 0 aliphatic carbocycles. The number of halogens is 3. The molecule has 4 heterocycles. The Kier molecular flexibility index (Phi) is 8.53. The summed E-state index contributed by atoms with van der Waals surface area (Å²) in [6.45, 7) is 15.3. The number of rotatable bonds is 9. The molecule has 3 N–H and O–H groups in total. The van der Waals surface area contributed by atoms with E-state index in [1.54, 1.807) is 4.57 Å². The van der Waals surface area contributed by atoms with Crippen LogP contribution in [0.5, 0.6) is 0 Å². The Hall–Kier alpha value is -3.18. The minimum Gasteiger partial charge on any atom is -0.373 e. The molecule has 2 saturated heterocycles. The molecule has 2 fully saturated rings. The summed E-state index contributed by atoms with van der Waals surface area (Å²) in [5.41, 5.74) is 1.04.